The van der Waals surface area contributed by atoms with Gasteiger partial charge in [-0.1, -0.05) is 72.8 Å². The summed E-state index contributed by atoms with van der Waals surface area (Å²) in [5, 5.41) is 0. The second-order valence-corrected chi connectivity index (χ2v) is 7.38. The number of piperazine rings is 1. The van der Waals surface area contributed by atoms with Crippen molar-refractivity contribution >= 4 is 12.0 Å². The summed E-state index contributed by atoms with van der Waals surface area (Å²) in [5.74, 6) is 0.173. The van der Waals surface area contributed by atoms with Gasteiger partial charge in [-0.2, -0.15) is 0 Å². The maximum atomic E-state index is 13.4. The third-order valence-electron chi connectivity index (χ3n) is 5.43. The number of hydrogen-bond acceptors (Lipinski definition) is 2. The van der Waals surface area contributed by atoms with E-state index in [-0.39, 0.29) is 11.9 Å². The van der Waals surface area contributed by atoms with Crippen molar-refractivity contribution in [1.82, 2.24) is 14.4 Å². The van der Waals surface area contributed by atoms with Gasteiger partial charge in [0, 0.05) is 45.1 Å². The van der Waals surface area contributed by atoms with Crippen LogP contribution in [0.2, 0.25) is 0 Å². The summed E-state index contributed by atoms with van der Waals surface area (Å²) in [6, 6.07) is 24.1. The number of amides is 1. The molecule has 1 fully saturated rings. The first-order valence-electron chi connectivity index (χ1n) is 10.2. The number of hydrogen-bond donors (Lipinski definition) is 0. The first-order valence-corrected chi connectivity index (χ1v) is 10.2. The van der Waals surface area contributed by atoms with Crippen LogP contribution in [0.1, 0.15) is 17.2 Å². The number of benzene rings is 2. The SMILES string of the molecule is O=C([C@@H](c1ccccc1)n1cccc1)N1CCN(C/C=C/c2ccccc2)CC1. The third kappa shape index (κ3) is 4.84. The van der Waals surface area contributed by atoms with Crippen LogP contribution in [0.4, 0.5) is 0 Å². The number of aromatic nitrogens is 1. The first-order chi connectivity index (χ1) is 14.3. The summed E-state index contributed by atoms with van der Waals surface area (Å²) < 4.78 is 2.01. The molecule has 4 rings (SSSR count). The van der Waals surface area contributed by atoms with E-state index in [4.69, 9.17) is 0 Å². The summed E-state index contributed by atoms with van der Waals surface area (Å²) in [5.41, 5.74) is 2.25. The lowest BCUT2D eigenvalue weighted by Crippen LogP contribution is -2.50. The molecule has 1 saturated heterocycles. The Hall–Kier alpha value is -3.11. The second kappa shape index (κ2) is 9.39. The molecule has 0 saturated carbocycles. The minimum absolute atomic E-state index is 0.173. The molecule has 1 amide bonds. The zero-order valence-corrected chi connectivity index (χ0v) is 16.6. The van der Waals surface area contributed by atoms with E-state index in [0.29, 0.717) is 0 Å². The molecule has 1 aliphatic heterocycles. The molecule has 0 N–H and O–H groups in total. The van der Waals surface area contributed by atoms with Crippen molar-refractivity contribution in [3.63, 3.8) is 0 Å². The van der Waals surface area contributed by atoms with E-state index in [0.717, 1.165) is 38.3 Å². The van der Waals surface area contributed by atoms with E-state index in [1.807, 2.05) is 70.4 Å². The predicted octanol–water partition coefficient (Wildman–Crippen LogP) is 3.94. The van der Waals surface area contributed by atoms with Gasteiger partial charge in [0.05, 0.1) is 0 Å². The van der Waals surface area contributed by atoms with E-state index in [2.05, 4.69) is 41.3 Å². The van der Waals surface area contributed by atoms with Crippen LogP contribution in [0.25, 0.3) is 6.08 Å². The average molecular weight is 386 g/mol. The lowest BCUT2D eigenvalue weighted by atomic mass is 10.0. The Labute approximate surface area is 172 Å². The molecule has 0 spiro atoms. The molecular weight excluding hydrogens is 358 g/mol. The van der Waals surface area contributed by atoms with E-state index in [1.54, 1.807) is 0 Å². The number of nitrogens with zero attached hydrogens (tertiary/aromatic N) is 3. The van der Waals surface area contributed by atoms with E-state index >= 15 is 0 Å². The van der Waals surface area contributed by atoms with Crippen LogP contribution in [-0.4, -0.2) is 53.0 Å². The summed E-state index contributed by atoms with van der Waals surface area (Å²) in [6.45, 7) is 4.25. The molecule has 0 radical (unpaired) electrons. The Morgan fingerprint density at radius 3 is 2.10 bits per heavy atom. The van der Waals surface area contributed by atoms with E-state index in [9.17, 15) is 4.79 Å². The van der Waals surface area contributed by atoms with Gasteiger partial charge in [0.15, 0.2) is 0 Å². The molecule has 2 heterocycles. The van der Waals surface area contributed by atoms with Gasteiger partial charge in [-0.05, 0) is 23.3 Å². The van der Waals surface area contributed by atoms with Crippen molar-refractivity contribution in [3.05, 3.63) is 102 Å². The number of carbonyl (C=O) groups excluding carboxylic acids is 1. The lowest BCUT2D eigenvalue weighted by molar-refractivity contribution is -0.135. The molecular formula is C25H27N3O. The summed E-state index contributed by atoms with van der Waals surface area (Å²) in [4.78, 5) is 17.8. The van der Waals surface area contributed by atoms with Crippen molar-refractivity contribution in [2.45, 2.75) is 6.04 Å². The zero-order valence-electron chi connectivity index (χ0n) is 16.6. The average Bonchev–Trinajstić information content (AvgIpc) is 3.30. The van der Waals surface area contributed by atoms with E-state index < -0.39 is 0 Å². The standard InChI is InChI=1S/C25H27N3O/c29-25(24(27-16-7-8-17-27)23-13-5-2-6-14-23)28-20-18-26(19-21-28)15-9-12-22-10-3-1-4-11-22/h1-14,16-17,24H,15,18-21H2/b12-9+/t24-/m1/s1. The highest BCUT2D eigenvalue weighted by Crippen LogP contribution is 2.22. The molecule has 148 valence electrons. The molecule has 1 aliphatic rings. The molecule has 1 atom stereocenters. The smallest absolute Gasteiger partial charge is 0.250 e. The zero-order chi connectivity index (χ0) is 19.9. The maximum Gasteiger partial charge on any atom is 0.250 e. The predicted molar refractivity (Wildman–Crippen MR) is 118 cm³/mol. The van der Waals surface area contributed by atoms with Gasteiger partial charge in [0.1, 0.15) is 6.04 Å². The quantitative estimate of drug-likeness (QED) is 0.643. The molecule has 3 aromatic rings. The van der Waals surface area contributed by atoms with Crippen LogP contribution in [-0.2, 0) is 4.79 Å². The normalized spacial score (nSPS) is 16.2. The Morgan fingerprint density at radius 1 is 0.828 bits per heavy atom. The van der Waals surface area contributed by atoms with Gasteiger partial charge in [-0.15, -0.1) is 0 Å². The Morgan fingerprint density at radius 2 is 1.45 bits per heavy atom. The molecule has 0 aliphatic carbocycles. The lowest BCUT2D eigenvalue weighted by Gasteiger charge is -2.36. The molecule has 1 aromatic heterocycles. The van der Waals surface area contributed by atoms with Gasteiger partial charge < -0.3 is 9.47 Å². The van der Waals surface area contributed by atoms with E-state index in [1.165, 1.54) is 5.56 Å². The summed E-state index contributed by atoms with van der Waals surface area (Å²) in [7, 11) is 0. The summed E-state index contributed by atoms with van der Waals surface area (Å²) in [6.07, 6.45) is 8.31. The van der Waals surface area contributed by atoms with Crippen molar-refractivity contribution in [3.8, 4) is 0 Å². The maximum absolute atomic E-state index is 13.4. The minimum Gasteiger partial charge on any atom is -0.338 e. The second-order valence-electron chi connectivity index (χ2n) is 7.38. The molecule has 4 nitrogen and oxygen atoms in total. The highest BCUT2D eigenvalue weighted by Gasteiger charge is 2.29. The molecule has 2 aromatic carbocycles. The van der Waals surface area contributed by atoms with Gasteiger partial charge in [0.25, 0.3) is 0 Å². The van der Waals surface area contributed by atoms with Crippen LogP contribution in [0, 0.1) is 0 Å². The van der Waals surface area contributed by atoms with Crippen molar-refractivity contribution in [2.24, 2.45) is 0 Å². The van der Waals surface area contributed by atoms with Gasteiger partial charge in [-0.3, -0.25) is 9.69 Å². The van der Waals surface area contributed by atoms with Crippen molar-refractivity contribution in [1.29, 1.82) is 0 Å². The number of rotatable bonds is 6. The Kier molecular flexibility index (Phi) is 6.22. The fraction of sp³-hybridized carbons (Fsp3) is 0.240. The topological polar surface area (TPSA) is 28.5 Å². The molecule has 0 unspecified atom stereocenters. The van der Waals surface area contributed by atoms with Crippen LogP contribution in [0.3, 0.4) is 0 Å². The molecule has 29 heavy (non-hydrogen) atoms. The Balaban J connectivity index is 1.37. The Bertz CT molecular complexity index is 911. The summed E-state index contributed by atoms with van der Waals surface area (Å²) >= 11 is 0. The largest absolute Gasteiger partial charge is 0.338 e. The fourth-order valence-corrected chi connectivity index (χ4v) is 3.82. The highest BCUT2D eigenvalue weighted by molar-refractivity contribution is 5.84. The molecule has 4 heteroatoms. The van der Waals surface area contributed by atoms with Crippen molar-refractivity contribution < 1.29 is 4.79 Å². The fourth-order valence-electron chi connectivity index (χ4n) is 3.82. The van der Waals surface area contributed by atoms with Gasteiger partial charge in [-0.25, -0.2) is 0 Å². The van der Waals surface area contributed by atoms with Crippen LogP contribution in [0.5, 0.6) is 0 Å². The number of carbonyl (C=O) groups is 1. The van der Waals surface area contributed by atoms with Crippen LogP contribution >= 0.6 is 0 Å². The highest BCUT2D eigenvalue weighted by atomic mass is 16.2. The van der Waals surface area contributed by atoms with Gasteiger partial charge >= 0.3 is 0 Å². The van der Waals surface area contributed by atoms with Crippen molar-refractivity contribution in [2.75, 3.05) is 32.7 Å². The minimum atomic E-state index is -0.296. The monoisotopic (exact) mass is 385 g/mol. The van der Waals surface area contributed by atoms with Gasteiger partial charge in [0.2, 0.25) is 5.91 Å². The molecule has 0 bridgehead atoms. The van der Waals surface area contributed by atoms with Crippen LogP contribution in [0.15, 0.2) is 91.3 Å². The third-order valence-corrected chi connectivity index (χ3v) is 5.43. The first kappa shape index (κ1) is 19.2. The van der Waals surface area contributed by atoms with Crippen LogP contribution < -0.4 is 0 Å².